The van der Waals surface area contributed by atoms with E-state index in [1.165, 1.54) is 11.1 Å². The Hall–Kier alpha value is -1.31. The van der Waals surface area contributed by atoms with Crippen molar-refractivity contribution in [2.24, 2.45) is 0 Å². The molecule has 2 rings (SSSR count). The molecule has 0 aliphatic rings. The van der Waals surface area contributed by atoms with Crippen LogP contribution < -0.4 is 5.32 Å². The van der Waals surface area contributed by atoms with Crippen LogP contribution in [0.25, 0.3) is 11.1 Å². The summed E-state index contributed by atoms with van der Waals surface area (Å²) in [5.74, 6) is 0. The number of halogens is 1. The van der Waals surface area contributed by atoms with Gasteiger partial charge in [-0.15, -0.1) is 0 Å². The van der Waals surface area contributed by atoms with Crippen LogP contribution in [0.2, 0.25) is 5.02 Å². The van der Waals surface area contributed by atoms with Gasteiger partial charge in [0.05, 0.1) is 7.05 Å². The predicted octanol–water partition coefficient (Wildman–Crippen LogP) is 2.70. The van der Waals surface area contributed by atoms with Gasteiger partial charge in [-0.3, -0.25) is 0 Å². The van der Waals surface area contributed by atoms with E-state index in [4.69, 9.17) is 11.6 Å². The second-order valence-corrected chi connectivity index (χ2v) is 4.20. The van der Waals surface area contributed by atoms with Gasteiger partial charge in [0.2, 0.25) is 0 Å². The Morgan fingerprint density at radius 3 is 2.44 bits per heavy atom. The van der Waals surface area contributed by atoms with E-state index >= 15 is 0 Å². The number of benzene rings is 2. The SMILES string of the molecule is C[NH2+]Cc1ccc(-c2ccccc2)c(Cl)c1. The van der Waals surface area contributed by atoms with Crippen molar-refractivity contribution in [3.05, 3.63) is 59.1 Å². The van der Waals surface area contributed by atoms with Gasteiger partial charge in [-0.05, 0) is 11.6 Å². The normalized spacial score (nSPS) is 10.4. The van der Waals surface area contributed by atoms with Crippen molar-refractivity contribution < 1.29 is 5.32 Å². The zero-order chi connectivity index (χ0) is 11.4. The molecule has 0 saturated heterocycles. The monoisotopic (exact) mass is 232 g/mol. The maximum atomic E-state index is 6.29. The van der Waals surface area contributed by atoms with Crippen molar-refractivity contribution in [2.45, 2.75) is 6.54 Å². The summed E-state index contributed by atoms with van der Waals surface area (Å²) in [7, 11) is 2.05. The molecular formula is C14H15ClN+. The van der Waals surface area contributed by atoms with Gasteiger partial charge in [-0.2, -0.15) is 0 Å². The Morgan fingerprint density at radius 2 is 1.81 bits per heavy atom. The van der Waals surface area contributed by atoms with Crippen LogP contribution in [0.5, 0.6) is 0 Å². The van der Waals surface area contributed by atoms with Crippen LogP contribution in [0, 0.1) is 0 Å². The van der Waals surface area contributed by atoms with E-state index in [1.807, 2.05) is 24.3 Å². The summed E-state index contributed by atoms with van der Waals surface area (Å²) in [6.07, 6.45) is 0. The highest BCUT2D eigenvalue weighted by atomic mass is 35.5. The maximum Gasteiger partial charge on any atom is 0.101 e. The molecule has 0 aliphatic carbocycles. The lowest BCUT2D eigenvalue weighted by atomic mass is 10.0. The van der Waals surface area contributed by atoms with E-state index in [9.17, 15) is 0 Å². The third kappa shape index (κ3) is 2.43. The predicted molar refractivity (Wildman–Crippen MR) is 68.4 cm³/mol. The Morgan fingerprint density at radius 1 is 1.06 bits per heavy atom. The Balaban J connectivity index is 2.37. The third-order valence-electron chi connectivity index (χ3n) is 2.56. The molecule has 0 saturated carbocycles. The van der Waals surface area contributed by atoms with Gasteiger partial charge in [-0.1, -0.05) is 54.1 Å². The molecule has 0 spiro atoms. The van der Waals surface area contributed by atoms with Crippen LogP contribution in [0.1, 0.15) is 5.56 Å². The first-order chi connectivity index (χ1) is 7.81. The molecule has 2 heteroatoms. The fourth-order valence-corrected chi connectivity index (χ4v) is 2.09. The molecule has 16 heavy (non-hydrogen) atoms. The fraction of sp³-hybridized carbons (Fsp3) is 0.143. The number of rotatable bonds is 3. The van der Waals surface area contributed by atoms with Gasteiger partial charge in [-0.25, -0.2) is 0 Å². The Bertz CT molecular complexity index is 465. The summed E-state index contributed by atoms with van der Waals surface area (Å²) in [5, 5.41) is 2.96. The molecule has 0 aliphatic heterocycles. The molecule has 0 aromatic heterocycles. The molecule has 82 valence electrons. The lowest BCUT2D eigenvalue weighted by molar-refractivity contribution is -0.643. The minimum Gasteiger partial charge on any atom is -0.345 e. The molecule has 0 atom stereocenters. The number of hydrogen-bond acceptors (Lipinski definition) is 0. The van der Waals surface area contributed by atoms with Crippen LogP contribution >= 0.6 is 11.6 Å². The molecule has 0 heterocycles. The number of nitrogens with two attached hydrogens (primary N) is 1. The first-order valence-electron chi connectivity index (χ1n) is 5.43. The van der Waals surface area contributed by atoms with E-state index in [0.29, 0.717) is 0 Å². The fourth-order valence-electron chi connectivity index (χ4n) is 1.77. The Labute approximate surface area is 101 Å². The van der Waals surface area contributed by atoms with Crippen molar-refractivity contribution >= 4 is 11.6 Å². The third-order valence-corrected chi connectivity index (χ3v) is 2.87. The van der Waals surface area contributed by atoms with Crippen molar-refractivity contribution in [2.75, 3.05) is 7.05 Å². The van der Waals surface area contributed by atoms with Gasteiger partial charge in [0.25, 0.3) is 0 Å². The van der Waals surface area contributed by atoms with Crippen LogP contribution in [-0.4, -0.2) is 7.05 Å². The minimum absolute atomic E-state index is 0.825. The molecule has 0 radical (unpaired) electrons. The lowest BCUT2D eigenvalue weighted by Gasteiger charge is -2.06. The molecular weight excluding hydrogens is 218 g/mol. The first-order valence-corrected chi connectivity index (χ1v) is 5.80. The van der Waals surface area contributed by atoms with Crippen molar-refractivity contribution in [3.63, 3.8) is 0 Å². The summed E-state index contributed by atoms with van der Waals surface area (Å²) in [5.41, 5.74) is 3.52. The highest BCUT2D eigenvalue weighted by molar-refractivity contribution is 6.33. The Kier molecular flexibility index (Phi) is 3.60. The van der Waals surface area contributed by atoms with Crippen molar-refractivity contribution in [1.29, 1.82) is 0 Å². The maximum absolute atomic E-state index is 6.29. The van der Waals surface area contributed by atoms with E-state index < -0.39 is 0 Å². The standard InChI is InChI=1S/C14H14ClN/c1-16-10-11-7-8-13(14(15)9-11)12-5-3-2-4-6-12/h2-9,16H,10H2,1H3/p+1. The van der Waals surface area contributed by atoms with E-state index in [1.54, 1.807) is 0 Å². The highest BCUT2D eigenvalue weighted by Gasteiger charge is 2.04. The van der Waals surface area contributed by atoms with Crippen LogP contribution in [0.15, 0.2) is 48.5 Å². The molecule has 1 nitrogen and oxygen atoms in total. The van der Waals surface area contributed by atoms with Crippen LogP contribution in [-0.2, 0) is 6.54 Å². The van der Waals surface area contributed by atoms with Crippen LogP contribution in [0.4, 0.5) is 0 Å². The summed E-state index contributed by atoms with van der Waals surface area (Å²) >= 11 is 6.29. The molecule has 0 fully saturated rings. The topological polar surface area (TPSA) is 16.6 Å². The second kappa shape index (κ2) is 5.15. The summed E-state index contributed by atoms with van der Waals surface area (Å²) in [6.45, 7) is 0.967. The summed E-state index contributed by atoms with van der Waals surface area (Å²) in [6, 6.07) is 16.5. The zero-order valence-corrected chi connectivity index (χ0v) is 10.0. The molecule has 0 bridgehead atoms. The van der Waals surface area contributed by atoms with E-state index in [2.05, 4.69) is 36.6 Å². The second-order valence-electron chi connectivity index (χ2n) is 3.79. The van der Waals surface area contributed by atoms with Crippen molar-refractivity contribution in [1.82, 2.24) is 0 Å². The minimum atomic E-state index is 0.825. The average molecular weight is 233 g/mol. The smallest absolute Gasteiger partial charge is 0.101 e. The molecule has 2 aromatic rings. The first kappa shape index (κ1) is 11.2. The summed E-state index contributed by atoms with van der Waals surface area (Å²) < 4.78 is 0. The summed E-state index contributed by atoms with van der Waals surface area (Å²) in [4.78, 5) is 0. The molecule has 2 aromatic carbocycles. The van der Waals surface area contributed by atoms with Crippen LogP contribution in [0.3, 0.4) is 0 Å². The molecule has 2 N–H and O–H groups in total. The number of hydrogen-bond donors (Lipinski definition) is 1. The quantitative estimate of drug-likeness (QED) is 0.838. The molecule has 0 amide bonds. The zero-order valence-electron chi connectivity index (χ0n) is 9.28. The van der Waals surface area contributed by atoms with Gasteiger partial charge in [0.1, 0.15) is 6.54 Å². The van der Waals surface area contributed by atoms with E-state index in [-0.39, 0.29) is 0 Å². The van der Waals surface area contributed by atoms with E-state index in [0.717, 1.165) is 17.1 Å². The van der Waals surface area contributed by atoms with Gasteiger partial charge in [0.15, 0.2) is 0 Å². The largest absolute Gasteiger partial charge is 0.345 e. The average Bonchev–Trinajstić information content (AvgIpc) is 2.31. The number of quaternary nitrogens is 1. The molecule has 0 unspecified atom stereocenters. The van der Waals surface area contributed by atoms with Crippen molar-refractivity contribution in [3.8, 4) is 11.1 Å². The van der Waals surface area contributed by atoms with Gasteiger partial charge < -0.3 is 5.32 Å². The lowest BCUT2D eigenvalue weighted by Crippen LogP contribution is -2.77. The van der Waals surface area contributed by atoms with Gasteiger partial charge in [0, 0.05) is 16.1 Å². The highest BCUT2D eigenvalue weighted by Crippen LogP contribution is 2.28. The van der Waals surface area contributed by atoms with Gasteiger partial charge >= 0.3 is 0 Å².